The minimum Gasteiger partial charge on any atom is -0.464 e. The number of ether oxygens (including phenoxy) is 2. The molecule has 10 heteroatoms. The average molecular weight is 464 g/mol. The van der Waals surface area contributed by atoms with Crippen LogP contribution in [-0.2, 0) is 14.3 Å². The molecule has 1 heterocycles. The Morgan fingerprint density at radius 1 is 1.25 bits per heavy atom. The highest BCUT2D eigenvalue weighted by Crippen LogP contribution is 2.30. The number of carbonyl (C=O) groups excluding carboxylic acids is 2. The van der Waals surface area contributed by atoms with Gasteiger partial charge in [-0.1, -0.05) is 31.0 Å². The highest BCUT2D eigenvalue weighted by atomic mass is 35.5. The van der Waals surface area contributed by atoms with Crippen LogP contribution in [0.15, 0.2) is 29.4 Å². The van der Waals surface area contributed by atoms with Gasteiger partial charge in [0.1, 0.15) is 0 Å². The van der Waals surface area contributed by atoms with Crippen molar-refractivity contribution in [1.82, 2.24) is 10.3 Å². The van der Waals surface area contributed by atoms with E-state index < -0.39 is 23.5 Å². The van der Waals surface area contributed by atoms with Crippen molar-refractivity contribution in [1.29, 1.82) is 0 Å². The van der Waals surface area contributed by atoms with Gasteiger partial charge in [-0.3, -0.25) is 4.79 Å². The Labute approximate surface area is 192 Å². The van der Waals surface area contributed by atoms with Crippen molar-refractivity contribution in [3.05, 3.63) is 35.0 Å². The predicted octanol–water partition coefficient (Wildman–Crippen LogP) is 3.05. The molecular weight excluding hydrogens is 434 g/mol. The Bertz CT molecular complexity index is 1000. The molecule has 0 saturated heterocycles. The number of hydrogen-bond acceptors (Lipinski definition) is 6. The van der Waals surface area contributed by atoms with Gasteiger partial charge in [-0.25, -0.2) is 9.78 Å². The van der Waals surface area contributed by atoms with Crippen LogP contribution < -0.4 is 16.8 Å². The van der Waals surface area contributed by atoms with Crippen LogP contribution in [0.2, 0.25) is 5.02 Å². The molecule has 0 aliphatic heterocycles. The molecule has 0 bridgehead atoms. The van der Waals surface area contributed by atoms with Crippen LogP contribution in [0, 0.1) is 0 Å². The molecule has 1 aromatic heterocycles. The molecule has 1 unspecified atom stereocenters. The fraction of sp³-hybridized carbons (Fsp3) is 0.455. The number of benzene rings is 1. The number of unbranched alkanes of at least 4 members (excludes halogenated alkanes) is 1. The quantitative estimate of drug-likeness (QED) is 0.224. The number of guanidine groups is 1. The minimum atomic E-state index is -0.969. The largest absolute Gasteiger partial charge is 0.464 e. The molecule has 1 amide bonds. The first kappa shape index (κ1) is 25.4. The molecule has 32 heavy (non-hydrogen) atoms. The second-order valence-corrected chi connectivity index (χ2v) is 8.60. The summed E-state index contributed by atoms with van der Waals surface area (Å²) in [5, 5.41) is 4.20. The number of nitrogens with zero attached hydrogens (tertiary/aromatic N) is 2. The van der Waals surface area contributed by atoms with Gasteiger partial charge in [0, 0.05) is 22.5 Å². The fourth-order valence-corrected chi connectivity index (χ4v) is 2.92. The van der Waals surface area contributed by atoms with E-state index in [0.29, 0.717) is 15.8 Å². The summed E-state index contributed by atoms with van der Waals surface area (Å²) < 4.78 is 11.0. The van der Waals surface area contributed by atoms with E-state index in [9.17, 15) is 9.59 Å². The van der Waals surface area contributed by atoms with Gasteiger partial charge in [-0.15, -0.1) is 0 Å². The first-order valence-electron chi connectivity index (χ1n) is 10.3. The van der Waals surface area contributed by atoms with E-state index in [2.05, 4.69) is 15.3 Å². The number of aromatic nitrogens is 1. The number of pyridine rings is 1. The molecule has 5 N–H and O–H groups in total. The van der Waals surface area contributed by atoms with Gasteiger partial charge < -0.3 is 26.3 Å². The van der Waals surface area contributed by atoms with Crippen LogP contribution in [0.5, 0.6) is 0 Å². The van der Waals surface area contributed by atoms with Gasteiger partial charge in [-0.05, 0) is 39.3 Å². The summed E-state index contributed by atoms with van der Waals surface area (Å²) in [7, 11) is 0. The van der Waals surface area contributed by atoms with Crippen LogP contribution in [0.25, 0.3) is 10.8 Å². The molecule has 0 radical (unpaired) electrons. The highest BCUT2D eigenvalue weighted by Gasteiger charge is 2.26. The highest BCUT2D eigenvalue weighted by molar-refractivity contribution is 6.35. The van der Waals surface area contributed by atoms with Gasteiger partial charge in [0.05, 0.1) is 23.8 Å². The first-order chi connectivity index (χ1) is 15.0. The maximum Gasteiger partial charge on any atom is 0.331 e. The summed E-state index contributed by atoms with van der Waals surface area (Å²) in [5.41, 5.74) is 10.7. The van der Waals surface area contributed by atoms with Crippen molar-refractivity contribution in [2.75, 3.05) is 13.2 Å². The lowest BCUT2D eigenvalue weighted by molar-refractivity contribution is -0.149. The zero-order valence-corrected chi connectivity index (χ0v) is 19.5. The molecule has 2 aromatic rings. The molecule has 0 aliphatic rings. The number of hydrogen-bond donors (Lipinski definition) is 3. The van der Waals surface area contributed by atoms with Gasteiger partial charge >= 0.3 is 5.97 Å². The first-order valence-corrected chi connectivity index (χ1v) is 10.7. The molecule has 0 saturated carbocycles. The predicted molar refractivity (Wildman–Crippen MR) is 125 cm³/mol. The lowest BCUT2D eigenvalue weighted by atomic mass is 10.1. The standard InChI is InChI=1S/C22H30ClN5O4/c1-5-6-9-31-20(30)17(12-32-22(2,3)4)27-19(29)13-7-8-14-15(10-13)18(28-21(24)25)26-11-16(14)23/h7-8,10-11,17H,5-6,9,12H2,1-4H3,(H,27,29)(H4,24,25,26,28). The number of nitrogens with one attached hydrogen (secondary N) is 1. The fourth-order valence-electron chi connectivity index (χ4n) is 2.71. The summed E-state index contributed by atoms with van der Waals surface area (Å²) in [6.07, 6.45) is 3.05. The SMILES string of the molecule is CCCCOC(=O)C(COC(C)(C)C)NC(=O)c1ccc2c(Cl)cnc(N=C(N)N)c2c1. The van der Waals surface area contributed by atoms with E-state index in [-0.39, 0.29) is 30.6 Å². The van der Waals surface area contributed by atoms with Crippen molar-refractivity contribution in [2.45, 2.75) is 52.2 Å². The van der Waals surface area contributed by atoms with Crippen LogP contribution in [0.3, 0.4) is 0 Å². The van der Waals surface area contributed by atoms with Crippen LogP contribution in [-0.4, -0.2) is 47.7 Å². The summed E-state index contributed by atoms with van der Waals surface area (Å²) in [4.78, 5) is 33.6. The molecule has 2 rings (SSSR count). The van der Waals surface area contributed by atoms with Gasteiger partial charge in [0.2, 0.25) is 0 Å². The van der Waals surface area contributed by atoms with E-state index >= 15 is 0 Å². The number of aliphatic imine (C=N–C) groups is 1. The van der Waals surface area contributed by atoms with Crippen molar-refractivity contribution in [3.8, 4) is 0 Å². The zero-order chi connectivity index (χ0) is 23.9. The lowest BCUT2D eigenvalue weighted by Gasteiger charge is -2.24. The van der Waals surface area contributed by atoms with Crippen molar-refractivity contribution >= 4 is 46.0 Å². The number of esters is 1. The Morgan fingerprint density at radius 3 is 2.59 bits per heavy atom. The summed E-state index contributed by atoms with van der Waals surface area (Å²) >= 11 is 6.22. The molecule has 9 nitrogen and oxygen atoms in total. The Kier molecular flexibility index (Phi) is 8.80. The molecule has 1 aromatic carbocycles. The van der Waals surface area contributed by atoms with Crippen LogP contribution in [0.4, 0.5) is 5.82 Å². The Balaban J connectivity index is 2.31. The number of rotatable bonds is 9. The van der Waals surface area contributed by atoms with Crippen molar-refractivity contribution < 1.29 is 19.1 Å². The summed E-state index contributed by atoms with van der Waals surface area (Å²) in [6, 6.07) is 3.85. The Morgan fingerprint density at radius 2 is 1.97 bits per heavy atom. The van der Waals surface area contributed by atoms with Crippen molar-refractivity contribution in [3.63, 3.8) is 0 Å². The molecule has 1 atom stereocenters. The number of nitrogens with two attached hydrogens (primary N) is 2. The maximum atomic E-state index is 13.0. The van der Waals surface area contributed by atoms with E-state index in [0.717, 1.165) is 12.8 Å². The number of halogens is 1. The summed E-state index contributed by atoms with van der Waals surface area (Å²) in [6.45, 7) is 7.82. The van der Waals surface area contributed by atoms with E-state index in [1.807, 2.05) is 27.7 Å². The monoisotopic (exact) mass is 463 g/mol. The average Bonchev–Trinajstić information content (AvgIpc) is 2.72. The molecular formula is C22H30ClN5O4. The topological polar surface area (TPSA) is 142 Å². The van der Waals surface area contributed by atoms with E-state index in [4.69, 9.17) is 32.5 Å². The van der Waals surface area contributed by atoms with Gasteiger partial charge in [0.15, 0.2) is 17.8 Å². The third kappa shape index (κ3) is 7.35. The number of fused-ring (bicyclic) bond motifs is 1. The molecule has 0 fully saturated rings. The van der Waals surface area contributed by atoms with Crippen LogP contribution in [0.1, 0.15) is 50.9 Å². The van der Waals surface area contributed by atoms with Crippen LogP contribution >= 0.6 is 11.6 Å². The number of carbonyl (C=O) groups is 2. The second-order valence-electron chi connectivity index (χ2n) is 8.20. The minimum absolute atomic E-state index is 0.0274. The van der Waals surface area contributed by atoms with Gasteiger partial charge in [0.25, 0.3) is 5.91 Å². The van der Waals surface area contributed by atoms with Crippen molar-refractivity contribution in [2.24, 2.45) is 16.5 Å². The third-order valence-corrected chi connectivity index (χ3v) is 4.63. The Hall–Kier alpha value is -2.91. The summed E-state index contributed by atoms with van der Waals surface area (Å²) in [5.74, 6) is -0.990. The molecule has 0 spiro atoms. The van der Waals surface area contributed by atoms with Gasteiger partial charge in [-0.2, -0.15) is 4.99 Å². The molecule has 0 aliphatic carbocycles. The van der Waals surface area contributed by atoms with E-state index in [1.54, 1.807) is 18.2 Å². The smallest absolute Gasteiger partial charge is 0.331 e. The lowest BCUT2D eigenvalue weighted by Crippen LogP contribution is -2.46. The maximum absolute atomic E-state index is 13.0. The zero-order valence-electron chi connectivity index (χ0n) is 18.8. The second kappa shape index (κ2) is 11.1. The van der Waals surface area contributed by atoms with E-state index in [1.165, 1.54) is 6.20 Å². The number of amides is 1. The normalized spacial score (nSPS) is 12.3. The third-order valence-electron chi connectivity index (χ3n) is 4.33. The molecule has 174 valence electrons.